The van der Waals surface area contributed by atoms with Crippen molar-refractivity contribution in [1.29, 1.82) is 0 Å². The van der Waals surface area contributed by atoms with Crippen molar-refractivity contribution < 1.29 is 37.1 Å². The number of aromatic amines is 1. The third kappa shape index (κ3) is 4.28. The Hall–Kier alpha value is -1.03. The van der Waals surface area contributed by atoms with Crippen molar-refractivity contribution >= 4 is 23.8 Å². The molecular formula is C13H18AuN5O3S. The Morgan fingerprint density at radius 3 is 3.00 bits per heavy atom. The van der Waals surface area contributed by atoms with Gasteiger partial charge in [-0.3, -0.25) is 9.89 Å². The van der Waals surface area contributed by atoms with Crippen LogP contribution in [-0.2, 0) is 33.7 Å². The van der Waals surface area contributed by atoms with E-state index in [9.17, 15) is 9.59 Å². The van der Waals surface area contributed by atoms with E-state index >= 15 is 0 Å². The first-order valence-corrected chi connectivity index (χ1v) is 8.38. The molecule has 0 bridgehead atoms. The van der Waals surface area contributed by atoms with Crippen molar-refractivity contribution in [2.45, 2.75) is 49.6 Å². The summed E-state index contributed by atoms with van der Waals surface area (Å²) in [7, 11) is 0. The number of urea groups is 1. The summed E-state index contributed by atoms with van der Waals surface area (Å²) in [6.45, 7) is 0.423. The van der Waals surface area contributed by atoms with Crippen molar-refractivity contribution in [2.24, 2.45) is 0 Å². The molecule has 23 heavy (non-hydrogen) atoms. The Morgan fingerprint density at radius 1 is 1.48 bits per heavy atom. The summed E-state index contributed by atoms with van der Waals surface area (Å²) < 4.78 is 0. The van der Waals surface area contributed by atoms with E-state index in [1.54, 1.807) is 0 Å². The van der Waals surface area contributed by atoms with Gasteiger partial charge in [0, 0.05) is 24.0 Å². The third-order valence-electron chi connectivity index (χ3n) is 4.09. The summed E-state index contributed by atoms with van der Waals surface area (Å²) >= 11 is 1.86. The number of H-pyrrole nitrogens is 1. The van der Waals surface area contributed by atoms with E-state index in [0.717, 1.165) is 18.6 Å². The van der Waals surface area contributed by atoms with E-state index in [-0.39, 0.29) is 46.9 Å². The number of hydrogen-bond acceptors (Lipinski definition) is 5. The van der Waals surface area contributed by atoms with Gasteiger partial charge in [0.2, 0.25) is 0 Å². The standard InChI is InChI=1S/C13H18N5O3S.Au/c19-11(20)4-2-1-3-10-12-9(7-22-10)15-13(21)18(12)6-8-5-14-17-16-8;/h9-10,12H,1-4,6-7H2,(H,15,21)(H,19,20)(H,14,16,17);/q-1;+1. The fourth-order valence-corrected chi connectivity index (χ4v) is 4.70. The van der Waals surface area contributed by atoms with Crippen LogP contribution in [0, 0.1) is 6.20 Å². The average Bonchev–Trinajstić information content (AvgIpc) is 3.16. The van der Waals surface area contributed by atoms with Crippen LogP contribution >= 0.6 is 11.8 Å². The van der Waals surface area contributed by atoms with E-state index in [2.05, 4.69) is 26.9 Å². The zero-order valence-corrected chi connectivity index (χ0v) is 15.3. The zero-order chi connectivity index (χ0) is 15.5. The van der Waals surface area contributed by atoms with Crippen LogP contribution < -0.4 is 5.32 Å². The van der Waals surface area contributed by atoms with Gasteiger partial charge in [0.1, 0.15) is 0 Å². The zero-order valence-electron chi connectivity index (χ0n) is 12.3. The topological polar surface area (TPSA) is 111 Å². The summed E-state index contributed by atoms with van der Waals surface area (Å²) in [5.74, 6) is 0.153. The minimum absolute atomic E-state index is 0. The van der Waals surface area contributed by atoms with Gasteiger partial charge in [-0.05, 0) is 12.8 Å². The fourth-order valence-electron chi connectivity index (χ4n) is 3.10. The molecule has 2 amide bonds. The number of aromatic nitrogens is 3. The molecule has 8 nitrogen and oxygen atoms in total. The number of thioether (sulfide) groups is 1. The fraction of sp³-hybridized carbons (Fsp3) is 0.692. The van der Waals surface area contributed by atoms with Gasteiger partial charge in [-0.15, -0.1) is 10.9 Å². The first-order chi connectivity index (χ1) is 10.6. The number of nitrogens with one attached hydrogen (secondary N) is 2. The van der Waals surface area contributed by atoms with Crippen LogP contribution in [0.25, 0.3) is 0 Å². The molecule has 3 rings (SSSR count). The third-order valence-corrected chi connectivity index (χ3v) is 5.58. The number of carboxylic acid groups (broad SMARTS) is 1. The molecule has 130 valence electrons. The van der Waals surface area contributed by atoms with E-state index in [0.29, 0.717) is 23.9 Å². The van der Waals surface area contributed by atoms with Crippen molar-refractivity contribution in [1.82, 2.24) is 25.6 Å². The molecule has 2 aliphatic heterocycles. The van der Waals surface area contributed by atoms with Crippen molar-refractivity contribution in [2.75, 3.05) is 5.75 Å². The number of rotatable bonds is 7. The minimum Gasteiger partial charge on any atom is -0.481 e. The van der Waals surface area contributed by atoms with Gasteiger partial charge in [0.05, 0.1) is 12.1 Å². The Morgan fingerprint density at radius 2 is 2.30 bits per heavy atom. The van der Waals surface area contributed by atoms with E-state index in [1.807, 2.05) is 16.7 Å². The van der Waals surface area contributed by atoms with E-state index in [4.69, 9.17) is 5.11 Å². The molecule has 3 atom stereocenters. The molecule has 2 saturated heterocycles. The minimum atomic E-state index is -0.751. The molecule has 0 spiro atoms. The van der Waals surface area contributed by atoms with Crippen LogP contribution in [0.3, 0.4) is 0 Å². The largest absolute Gasteiger partial charge is 1.00 e. The van der Waals surface area contributed by atoms with Gasteiger partial charge < -0.3 is 26.6 Å². The number of carbonyl (C=O) groups excluding carboxylic acids is 1. The molecule has 10 heteroatoms. The second kappa shape index (κ2) is 8.18. The maximum absolute atomic E-state index is 12.1. The van der Waals surface area contributed by atoms with Crippen molar-refractivity contribution in [3.05, 3.63) is 11.9 Å². The molecule has 2 aliphatic rings. The molecular weight excluding hydrogens is 503 g/mol. The van der Waals surface area contributed by atoms with Crippen LogP contribution in [0.5, 0.6) is 0 Å². The van der Waals surface area contributed by atoms with E-state index < -0.39 is 5.97 Å². The molecule has 2 fully saturated rings. The summed E-state index contributed by atoms with van der Waals surface area (Å²) in [6, 6.07) is 0.241. The summed E-state index contributed by atoms with van der Waals surface area (Å²) in [6.07, 6.45) is 5.42. The summed E-state index contributed by atoms with van der Waals surface area (Å²) in [4.78, 5) is 24.5. The van der Waals surface area contributed by atoms with Crippen LogP contribution in [0.4, 0.5) is 4.79 Å². The molecule has 3 unspecified atom stereocenters. The van der Waals surface area contributed by atoms with E-state index in [1.165, 1.54) is 0 Å². The number of hydrogen-bond donors (Lipinski definition) is 3. The second-order valence-corrected chi connectivity index (χ2v) is 6.86. The maximum Gasteiger partial charge on any atom is 1.00 e. The Labute approximate surface area is 153 Å². The Kier molecular flexibility index (Phi) is 6.51. The second-order valence-electron chi connectivity index (χ2n) is 5.59. The van der Waals surface area contributed by atoms with Crippen LogP contribution in [0.15, 0.2) is 0 Å². The maximum atomic E-state index is 12.1. The number of fused-ring (bicyclic) bond motifs is 1. The number of aliphatic carboxylic acids is 1. The number of amides is 2. The molecule has 0 aliphatic carbocycles. The van der Waals surface area contributed by atoms with Gasteiger partial charge >= 0.3 is 34.4 Å². The predicted molar refractivity (Wildman–Crippen MR) is 79.2 cm³/mol. The summed E-state index contributed by atoms with van der Waals surface area (Å²) in [5.41, 5.74) is 0.692. The van der Waals surface area contributed by atoms with Crippen LogP contribution in [0.1, 0.15) is 31.4 Å². The average molecular weight is 521 g/mol. The monoisotopic (exact) mass is 521 g/mol. The SMILES string of the molecule is O=C(O)CCCCC1SCC2NC(=O)N(Cc3[c-]nn[nH]3)C21.[Au+]. The number of nitrogens with zero attached hydrogens (tertiary/aromatic N) is 3. The molecule has 0 saturated carbocycles. The quantitative estimate of drug-likeness (QED) is 0.210. The van der Waals surface area contributed by atoms with Crippen molar-refractivity contribution in [3.63, 3.8) is 0 Å². The number of unbranched alkanes of at least 4 members (excludes halogenated alkanes) is 1. The van der Waals surface area contributed by atoms with Gasteiger partial charge in [-0.1, -0.05) is 6.42 Å². The van der Waals surface area contributed by atoms with Gasteiger partial charge in [0.25, 0.3) is 0 Å². The number of carboxylic acids is 1. The smallest absolute Gasteiger partial charge is 0.481 e. The molecule has 1 aromatic rings. The van der Waals surface area contributed by atoms with Gasteiger partial charge in [-0.2, -0.15) is 11.8 Å². The van der Waals surface area contributed by atoms with Gasteiger partial charge in [0.15, 0.2) is 0 Å². The van der Waals surface area contributed by atoms with Crippen LogP contribution in [0.2, 0.25) is 0 Å². The molecule has 1 aromatic heterocycles. The molecule has 3 heterocycles. The summed E-state index contributed by atoms with van der Waals surface area (Å²) in [5, 5.41) is 22.0. The van der Waals surface area contributed by atoms with Crippen LogP contribution in [-0.4, -0.2) is 60.5 Å². The molecule has 0 aromatic carbocycles. The molecule has 0 radical (unpaired) electrons. The predicted octanol–water partition coefficient (Wildman–Crippen LogP) is 0.625. The normalized spacial score (nSPS) is 25.8. The molecule has 3 N–H and O–H groups in total. The Bertz CT molecular complexity index is 544. The van der Waals surface area contributed by atoms with Gasteiger partial charge in [-0.25, -0.2) is 4.79 Å². The first kappa shape index (κ1) is 18.3. The van der Waals surface area contributed by atoms with Crippen molar-refractivity contribution in [3.8, 4) is 0 Å². The Balaban J connectivity index is 0.00000192. The first-order valence-electron chi connectivity index (χ1n) is 7.33. The number of carbonyl (C=O) groups is 2.